The molecule has 0 aliphatic heterocycles. The average Bonchev–Trinajstić information content (AvgIpc) is 2.51. The third kappa shape index (κ3) is 7.61. The minimum atomic E-state index is -0.411. The van der Waals surface area contributed by atoms with Crippen molar-refractivity contribution >= 4 is 0 Å². The SMILES string of the molecule is C=C(C)C(O)CCC(C)=CCCC(C)=CCc1c(C)cc(O)cc1O. The van der Waals surface area contributed by atoms with Crippen molar-refractivity contribution in [2.45, 2.75) is 65.9 Å². The summed E-state index contributed by atoms with van der Waals surface area (Å²) in [5.41, 5.74) is 5.14. The van der Waals surface area contributed by atoms with Gasteiger partial charge in [0, 0.05) is 11.6 Å². The van der Waals surface area contributed by atoms with Gasteiger partial charge in [-0.2, -0.15) is 0 Å². The maximum Gasteiger partial charge on any atom is 0.123 e. The highest BCUT2D eigenvalue weighted by atomic mass is 16.3. The number of aromatic hydroxyl groups is 2. The largest absolute Gasteiger partial charge is 0.508 e. The summed E-state index contributed by atoms with van der Waals surface area (Å²) in [6.45, 7) is 11.7. The van der Waals surface area contributed by atoms with Crippen molar-refractivity contribution in [2.75, 3.05) is 0 Å². The lowest BCUT2D eigenvalue weighted by molar-refractivity contribution is 0.201. The lowest BCUT2D eigenvalue weighted by atomic mass is 10.0. The Bertz CT molecular complexity index is 630. The number of aryl methyl sites for hydroxylation is 1. The van der Waals surface area contributed by atoms with Crippen LogP contribution in [0.1, 0.15) is 57.6 Å². The van der Waals surface area contributed by atoms with E-state index in [1.807, 2.05) is 13.8 Å². The third-order valence-electron chi connectivity index (χ3n) is 4.50. The molecule has 3 heteroatoms. The zero-order valence-corrected chi connectivity index (χ0v) is 16.0. The number of rotatable bonds is 9. The molecule has 0 saturated carbocycles. The van der Waals surface area contributed by atoms with Crippen LogP contribution in [0, 0.1) is 6.92 Å². The Labute approximate surface area is 152 Å². The first-order valence-electron chi connectivity index (χ1n) is 8.87. The highest BCUT2D eigenvalue weighted by Crippen LogP contribution is 2.27. The van der Waals surface area contributed by atoms with Crippen LogP contribution in [-0.2, 0) is 6.42 Å². The van der Waals surface area contributed by atoms with E-state index >= 15 is 0 Å². The Morgan fingerprint density at radius 1 is 1.08 bits per heavy atom. The molecular weight excluding hydrogens is 312 g/mol. The van der Waals surface area contributed by atoms with Crippen molar-refractivity contribution in [1.29, 1.82) is 0 Å². The van der Waals surface area contributed by atoms with E-state index < -0.39 is 6.10 Å². The third-order valence-corrected chi connectivity index (χ3v) is 4.50. The Balaban J connectivity index is 2.49. The van der Waals surface area contributed by atoms with Crippen molar-refractivity contribution in [3.8, 4) is 11.5 Å². The van der Waals surface area contributed by atoms with E-state index in [-0.39, 0.29) is 11.5 Å². The topological polar surface area (TPSA) is 60.7 Å². The number of aliphatic hydroxyl groups is 1. The van der Waals surface area contributed by atoms with Crippen LogP contribution >= 0.6 is 0 Å². The molecule has 0 bridgehead atoms. The minimum Gasteiger partial charge on any atom is -0.508 e. The molecule has 0 aliphatic carbocycles. The van der Waals surface area contributed by atoms with Crippen molar-refractivity contribution < 1.29 is 15.3 Å². The highest BCUT2D eigenvalue weighted by Gasteiger charge is 2.06. The summed E-state index contributed by atoms with van der Waals surface area (Å²) in [4.78, 5) is 0. The van der Waals surface area contributed by atoms with Crippen LogP contribution in [0.5, 0.6) is 11.5 Å². The number of aliphatic hydroxyl groups excluding tert-OH is 1. The van der Waals surface area contributed by atoms with Crippen molar-refractivity contribution in [2.24, 2.45) is 0 Å². The van der Waals surface area contributed by atoms with Crippen LogP contribution < -0.4 is 0 Å². The van der Waals surface area contributed by atoms with Crippen LogP contribution in [0.4, 0.5) is 0 Å². The summed E-state index contributed by atoms with van der Waals surface area (Å²) in [6.07, 6.45) is 8.17. The van der Waals surface area contributed by atoms with E-state index in [4.69, 9.17) is 0 Å². The average molecular weight is 344 g/mol. The predicted molar refractivity (Wildman–Crippen MR) is 105 cm³/mol. The summed E-state index contributed by atoms with van der Waals surface area (Å²) < 4.78 is 0. The van der Waals surface area contributed by atoms with E-state index in [2.05, 4.69) is 32.6 Å². The van der Waals surface area contributed by atoms with E-state index in [0.29, 0.717) is 6.42 Å². The summed E-state index contributed by atoms with van der Waals surface area (Å²) in [6, 6.07) is 3.06. The molecule has 1 unspecified atom stereocenters. The highest BCUT2D eigenvalue weighted by molar-refractivity contribution is 5.45. The van der Waals surface area contributed by atoms with Gasteiger partial charge in [0.1, 0.15) is 11.5 Å². The first-order valence-corrected chi connectivity index (χ1v) is 8.87. The van der Waals surface area contributed by atoms with Gasteiger partial charge in [0.25, 0.3) is 0 Å². The van der Waals surface area contributed by atoms with E-state index in [0.717, 1.165) is 42.4 Å². The van der Waals surface area contributed by atoms with E-state index in [1.165, 1.54) is 17.2 Å². The molecular formula is C22H32O3. The molecule has 1 atom stereocenters. The number of hydrogen-bond donors (Lipinski definition) is 3. The van der Waals surface area contributed by atoms with Gasteiger partial charge in [-0.3, -0.25) is 0 Å². The summed E-state index contributed by atoms with van der Waals surface area (Å²) in [7, 11) is 0. The molecule has 25 heavy (non-hydrogen) atoms. The zero-order chi connectivity index (χ0) is 19.0. The van der Waals surface area contributed by atoms with Gasteiger partial charge < -0.3 is 15.3 Å². The number of allylic oxidation sites excluding steroid dienone is 4. The van der Waals surface area contributed by atoms with Crippen LogP contribution in [0.15, 0.2) is 47.6 Å². The first-order chi connectivity index (χ1) is 11.7. The molecule has 0 fully saturated rings. The Morgan fingerprint density at radius 2 is 1.72 bits per heavy atom. The second-order valence-corrected chi connectivity index (χ2v) is 7.00. The van der Waals surface area contributed by atoms with Crippen molar-refractivity contribution in [3.63, 3.8) is 0 Å². The number of benzene rings is 1. The van der Waals surface area contributed by atoms with Gasteiger partial charge in [0.2, 0.25) is 0 Å². The standard InChI is InChI=1S/C22H32O3/c1-15(2)21(24)12-10-17(4)8-6-7-16(3)9-11-20-18(5)13-19(23)14-22(20)25/h8-9,13-14,21,23-25H,1,6-7,10-12H2,2-5H3. The molecule has 138 valence electrons. The van der Waals surface area contributed by atoms with Gasteiger partial charge in [-0.05, 0) is 71.4 Å². The van der Waals surface area contributed by atoms with E-state index in [9.17, 15) is 15.3 Å². The summed E-state index contributed by atoms with van der Waals surface area (Å²) in [5.74, 6) is 0.241. The smallest absolute Gasteiger partial charge is 0.123 e. The fraction of sp³-hybridized carbons (Fsp3) is 0.455. The second kappa shape index (κ2) is 10.1. The molecule has 0 spiro atoms. The lowest BCUT2D eigenvalue weighted by Crippen LogP contribution is -2.06. The number of phenols is 2. The molecule has 1 rings (SSSR count). The van der Waals surface area contributed by atoms with Gasteiger partial charge >= 0.3 is 0 Å². The van der Waals surface area contributed by atoms with Gasteiger partial charge in [-0.25, -0.2) is 0 Å². The van der Waals surface area contributed by atoms with Gasteiger partial charge in [0.05, 0.1) is 6.10 Å². The molecule has 0 radical (unpaired) electrons. The molecule has 3 nitrogen and oxygen atoms in total. The van der Waals surface area contributed by atoms with Crippen molar-refractivity contribution in [1.82, 2.24) is 0 Å². The number of hydrogen-bond acceptors (Lipinski definition) is 3. The molecule has 3 N–H and O–H groups in total. The molecule has 0 amide bonds. The van der Waals surface area contributed by atoms with Crippen LogP contribution in [0.25, 0.3) is 0 Å². The van der Waals surface area contributed by atoms with Gasteiger partial charge in [-0.1, -0.05) is 35.5 Å². The lowest BCUT2D eigenvalue weighted by Gasteiger charge is -2.10. The quantitative estimate of drug-likeness (QED) is 0.530. The Hall–Kier alpha value is -2.00. The Morgan fingerprint density at radius 3 is 2.32 bits per heavy atom. The molecule has 1 aromatic rings. The maximum atomic E-state index is 9.95. The van der Waals surface area contributed by atoms with Gasteiger partial charge in [0.15, 0.2) is 0 Å². The molecule has 1 aromatic carbocycles. The molecule has 0 aliphatic rings. The Kier molecular flexibility index (Phi) is 8.50. The second-order valence-electron chi connectivity index (χ2n) is 7.00. The molecule has 0 aromatic heterocycles. The van der Waals surface area contributed by atoms with Crippen LogP contribution in [-0.4, -0.2) is 21.4 Å². The van der Waals surface area contributed by atoms with Crippen LogP contribution in [0.2, 0.25) is 0 Å². The normalized spacial score (nSPS) is 13.8. The molecule has 0 heterocycles. The van der Waals surface area contributed by atoms with Gasteiger partial charge in [-0.15, -0.1) is 0 Å². The number of phenolic OH excluding ortho intramolecular Hbond substituents is 2. The fourth-order valence-electron chi connectivity index (χ4n) is 2.68. The molecule has 0 saturated heterocycles. The van der Waals surface area contributed by atoms with E-state index in [1.54, 1.807) is 6.07 Å². The monoisotopic (exact) mass is 344 g/mol. The minimum absolute atomic E-state index is 0.0943. The summed E-state index contributed by atoms with van der Waals surface area (Å²) in [5, 5.41) is 29.2. The summed E-state index contributed by atoms with van der Waals surface area (Å²) >= 11 is 0. The first kappa shape index (κ1) is 21.0. The fourth-order valence-corrected chi connectivity index (χ4v) is 2.68. The maximum absolute atomic E-state index is 9.95. The van der Waals surface area contributed by atoms with Crippen molar-refractivity contribution in [3.05, 3.63) is 58.7 Å². The zero-order valence-electron chi connectivity index (χ0n) is 16.0. The van der Waals surface area contributed by atoms with Crippen LogP contribution in [0.3, 0.4) is 0 Å². The predicted octanol–water partition coefficient (Wildman–Crippen LogP) is 5.34.